The third-order valence-corrected chi connectivity index (χ3v) is 6.66. The van der Waals surface area contributed by atoms with Gasteiger partial charge in [0.2, 0.25) is 5.91 Å². The van der Waals surface area contributed by atoms with E-state index in [0.29, 0.717) is 30.2 Å². The Hall–Kier alpha value is -2.94. The van der Waals surface area contributed by atoms with Gasteiger partial charge in [-0.2, -0.15) is 0 Å². The number of rotatable bonds is 7. The van der Waals surface area contributed by atoms with Crippen LogP contribution >= 0.6 is 0 Å². The summed E-state index contributed by atoms with van der Waals surface area (Å²) in [5, 5.41) is 2.77. The quantitative estimate of drug-likeness (QED) is 0.632. The first kappa shape index (κ1) is 27.6. The molecule has 8 heteroatoms. The fraction of sp³-hybridized carbons (Fsp3) is 0.500. The van der Waals surface area contributed by atoms with E-state index in [1.807, 2.05) is 6.07 Å². The highest BCUT2D eigenvalue weighted by atomic mass is 16.5. The van der Waals surface area contributed by atoms with Crippen molar-refractivity contribution in [3.63, 3.8) is 0 Å². The summed E-state index contributed by atoms with van der Waals surface area (Å²) in [6, 6.07) is 15.7. The molecular weight excluding hydrogens is 458 g/mol. The normalized spacial score (nSPS) is 21.6. The molecule has 0 fully saturated rings. The van der Waals surface area contributed by atoms with E-state index in [1.54, 1.807) is 37.3 Å². The van der Waals surface area contributed by atoms with Crippen LogP contribution in [0.2, 0.25) is 0 Å². The lowest BCUT2D eigenvalue weighted by molar-refractivity contribution is -0.119. The molecule has 1 aliphatic heterocycles. The SMILES string of the molecule is COCC(=O)Nc1ccc2c(c1)C(=O)N(C)C[C@@H](OC)[C@@H](C)CN(CCc1ccccc1)[C@@H](C)CO2. The highest BCUT2D eigenvalue weighted by Crippen LogP contribution is 2.26. The summed E-state index contributed by atoms with van der Waals surface area (Å²) in [5.41, 5.74) is 2.22. The summed E-state index contributed by atoms with van der Waals surface area (Å²) >= 11 is 0. The zero-order valence-corrected chi connectivity index (χ0v) is 22.0. The van der Waals surface area contributed by atoms with E-state index in [4.69, 9.17) is 14.2 Å². The first-order chi connectivity index (χ1) is 17.3. The van der Waals surface area contributed by atoms with Gasteiger partial charge < -0.3 is 24.4 Å². The number of benzene rings is 2. The summed E-state index contributed by atoms with van der Waals surface area (Å²) in [7, 11) is 4.92. The minimum absolute atomic E-state index is 0.0643. The van der Waals surface area contributed by atoms with Crippen LogP contribution in [0.1, 0.15) is 29.8 Å². The van der Waals surface area contributed by atoms with Crippen molar-refractivity contribution in [3.05, 3.63) is 59.7 Å². The smallest absolute Gasteiger partial charge is 0.257 e. The van der Waals surface area contributed by atoms with E-state index < -0.39 is 0 Å². The highest BCUT2D eigenvalue weighted by Gasteiger charge is 2.28. The Balaban J connectivity index is 1.87. The van der Waals surface area contributed by atoms with Gasteiger partial charge in [0.15, 0.2) is 0 Å². The minimum atomic E-state index is -0.289. The zero-order valence-electron chi connectivity index (χ0n) is 22.0. The summed E-state index contributed by atoms with van der Waals surface area (Å²) in [4.78, 5) is 29.5. The van der Waals surface area contributed by atoms with Crippen LogP contribution in [0.25, 0.3) is 0 Å². The van der Waals surface area contributed by atoms with Crippen molar-refractivity contribution >= 4 is 17.5 Å². The van der Waals surface area contributed by atoms with Crippen molar-refractivity contribution in [2.45, 2.75) is 32.4 Å². The molecule has 1 N–H and O–H groups in total. The molecule has 3 atom stereocenters. The fourth-order valence-corrected chi connectivity index (χ4v) is 4.49. The number of hydrogen-bond donors (Lipinski definition) is 1. The monoisotopic (exact) mass is 497 g/mol. The second kappa shape index (κ2) is 13.4. The molecule has 3 rings (SSSR count). The molecule has 0 bridgehead atoms. The Bertz CT molecular complexity index is 1000. The van der Waals surface area contributed by atoms with Gasteiger partial charge in [-0.15, -0.1) is 0 Å². The average molecular weight is 498 g/mol. The highest BCUT2D eigenvalue weighted by molar-refractivity contribution is 5.99. The molecule has 0 aliphatic carbocycles. The molecule has 2 aromatic carbocycles. The van der Waals surface area contributed by atoms with Crippen LogP contribution in [-0.2, 0) is 20.7 Å². The standard InChI is InChI=1S/C28H39N3O5/c1-20-16-31(14-13-22-9-7-6-8-10-22)21(2)18-36-25-12-11-23(29-27(32)19-34-4)15-24(25)28(33)30(3)17-26(20)35-5/h6-12,15,20-21,26H,13-14,16-19H2,1-5H3,(H,29,32)/t20-,21-,26+/m0/s1. The van der Waals surface area contributed by atoms with E-state index in [9.17, 15) is 9.59 Å². The minimum Gasteiger partial charge on any atom is -0.491 e. The Morgan fingerprint density at radius 2 is 1.86 bits per heavy atom. The van der Waals surface area contributed by atoms with Gasteiger partial charge in [0, 0.05) is 52.6 Å². The predicted octanol–water partition coefficient (Wildman–Crippen LogP) is 3.32. The molecule has 0 spiro atoms. The Morgan fingerprint density at radius 3 is 2.56 bits per heavy atom. The number of nitrogens with zero attached hydrogens (tertiary/aromatic N) is 2. The van der Waals surface area contributed by atoms with Gasteiger partial charge in [-0.1, -0.05) is 37.3 Å². The number of methoxy groups -OCH3 is 2. The number of anilines is 1. The van der Waals surface area contributed by atoms with Crippen molar-refractivity contribution in [1.29, 1.82) is 0 Å². The average Bonchev–Trinajstić information content (AvgIpc) is 2.88. The molecule has 1 aliphatic rings. The molecule has 2 amide bonds. The Morgan fingerprint density at radius 1 is 1.11 bits per heavy atom. The second-order valence-electron chi connectivity index (χ2n) is 9.52. The van der Waals surface area contributed by atoms with Crippen molar-refractivity contribution in [1.82, 2.24) is 9.80 Å². The predicted molar refractivity (Wildman–Crippen MR) is 141 cm³/mol. The number of ether oxygens (including phenoxy) is 3. The van der Waals surface area contributed by atoms with Crippen molar-refractivity contribution < 1.29 is 23.8 Å². The second-order valence-corrected chi connectivity index (χ2v) is 9.52. The summed E-state index contributed by atoms with van der Waals surface area (Å²) < 4.78 is 16.9. The van der Waals surface area contributed by atoms with Crippen molar-refractivity contribution in [2.75, 3.05) is 59.4 Å². The van der Waals surface area contributed by atoms with Gasteiger partial charge in [0.25, 0.3) is 5.91 Å². The number of nitrogens with one attached hydrogen (secondary N) is 1. The lowest BCUT2D eigenvalue weighted by Gasteiger charge is -2.36. The lowest BCUT2D eigenvalue weighted by atomic mass is 10.0. The molecule has 0 saturated heterocycles. The number of carbonyl (C=O) groups excluding carboxylic acids is 2. The van der Waals surface area contributed by atoms with Crippen molar-refractivity contribution in [3.8, 4) is 5.75 Å². The number of carbonyl (C=O) groups is 2. The van der Waals surface area contributed by atoms with Crippen LogP contribution in [-0.4, -0.2) is 87.9 Å². The van der Waals surface area contributed by atoms with Gasteiger partial charge >= 0.3 is 0 Å². The summed E-state index contributed by atoms with van der Waals surface area (Å²) in [6.45, 7) is 6.84. The third kappa shape index (κ3) is 7.53. The third-order valence-electron chi connectivity index (χ3n) is 6.66. The molecule has 0 aromatic heterocycles. The van der Waals surface area contributed by atoms with Crippen LogP contribution in [0.15, 0.2) is 48.5 Å². The van der Waals surface area contributed by atoms with Crippen LogP contribution in [0.4, 0.5) is 5.69 Å². The Kier molecular flexibility index (Phi) is 10.3. The topological polar surface area (TPSA) is 80.3 Å². The van der Waals surface area contributed by atoms with Gasteiger partial charge in [0.05, 0.1) is 11.7 Å². The zero-order chi connectivity index (χ0) is 26.1. The molecule has 0 saturated carbocycles. The van der Waals surface area contributed by atoms with Gasteiger partial charge in [-0.3, -0.25) is 14.5 Å². The first-order valence-electron chi connectivity index (χ1n) is 12.4. The van der Waals surface area contributed by atoms with E-state index in [-0.39, 0.29) is 36.5 Å². The molecule has 196 valence electrons. The van der Waals surface area contributed by atoms with Crippen LogP contribution in [0.5, 0.6) is 5.75 Å². The number of amides is 2. The Labute approximate surface area is 214 Å². The molecule has 36 heavy (non-hydrogen) atoms. The van der Waals surface area contributed by atoms with Gasteiger partial charge in [-0.25, -0.2) is 0 Å². The molecule has 0 unspecified atom stereocenters. The van der Waals surface area contributed by atoms with E-state index >= 15 is 0 Å². The molecule has 0 radical (unpaired) electrons. The van der Waals surface area contributed by atoms with E-state index in [2.05, 4.69) is 48.3 Å². The lowest BCUT2D eigenvalue weighted by Crippen LogP contribution is -2.47. The van der Waals surface area contributed by atoms with E-state index in [0.717, 1.165) is 19.5 Å². The van der Waals surface area contributed by atoms with Crippen LogP contribution in [0, 0.1) is 5.92 Å². The molecule has 8 nitrogen and oxygen atoms in total. The molecular formula is C28H39N3O5. The maximum absolute atomic E-state index is 13.4. The first-order valence-corrected chi connectivity index (χ1v) is 12.4. The summed E-state index contributed by atoms with van der Waals surface area (Å²) in [5.74, 6) is 0.218. The van der Waals surface area contributed by atoms with E-state index in [1.165, 1.54) is 12.7 Å². The number of likely N-dealkylation sites (N-methyl/N-ethyl adjacent to an activating group) is 1. The fourth-order valence-electron chi connectivity index (χ4n) is 4.49. The summed E-state index contributed by atoms with van der Waals surface area (Å²) in [6.07, 6.45) is 0.813. The van der Waals surface area contributed by atoms with Crippen LogP contribution in [0.3, 0.4) is 0 Å². The largest absolute Gasteiger partial charge is 0.491 e. The maximum Gasteiger partial charge on any atom is 0.257 e. The van der Waals surface area contributed by atoms with Gasteiger partial charge in [0.1, 0.15) is 19.0 Å². The number of fused-ring (bicyclic) bond motifs is 1. The number of hydrogen-bond acceptors (Lipinski definition) is 6. The molecule has 1 heterocycles. The van der Waals surface area contributed by atoms with Crippen LogP contribution < -0.4 is 10.1 Å². The maximum atomic E-state index is 13.4. The molecule has 2 aromatic rings. The van der Waals surface area contributed by atoms with Crippen molar-refractivity contribution in [2.24, 2.45) is 5.92 Å². The van der Waals surface area contributed by atoms with Gasteiger partial charge in [-0.05, 0) is 43.0 Å².